The molecule has 0 aliphatic rings. The fourth-order valence-corrected chi connectivity index (χ4v) is 1.44. The molecule has 3 unspecified atom stereocenters. The molecule has 0 aromatic carbocycles. The predicted molar refractivity (Wildman–Crippen MR) is 51.0 cm³/mol. The molecule has 0 saturated carbocycles. The lowest BCUT2D eigenvalue weighted by Gasteiger charge is -2.32. The quantitative estimate of drug-likeness (QED) is 0.668. The Morgan fingerprint density at radius 2 is 1.83 bits per heavy atom. The maximum absolute atomic E-state index is 9.74. The monoisotopic (exact) mass is 174 g/mol. The molecule has 0 rings (SSSR count). The van der Waals surface area contributed by atoms with Gasteiger partial charge in [-0.3, -0.25) is 0 Å². The molecule has 12 heavy (non-hydrogen) atoms. The molecule has 0 bridgehead atoms. The van der Waals surface area contributed by atoms with Gasteiger partial charge in [-0.15, -0.1) is 0 Å². The van der Waals surface area contributed by atoms with Gasteiger partial charge in [0.1, 0.15) is 0 Å². The molecule has 0 radical (unpaired) electrons. The minimum atomic E-state index is -0.922. The summed E-state index contributed by atoms with van der Waals surface area (Å²) in [5, 5.41) is 19.5. The third-order valence-electron chi connectivity index (χ3n) is 2.64. The lowest BCUT2D eigenvalue weighted by Crippen LogP contribution is -2.42. The zero-order chi connectivity index (χ0) is 9.78. The van der Waals surface area contributed by atoms with E-state index < -0.39 is 11.7 Å². The molecule has 0 saturated heterocycles. The van der Waals surface area contributed by atoms with E-state index in [0.29, 0.717) is 6.42 Å². The van der Waals surface area contributed by atoms with E-state index in [4.69, 9.17) is 0 Å². The van der Waals surface area contributed by atoms with Crippen molar-refractivity contribution in [2.24, 2.45) is 5.92 Å². The van der Waals surface area contributed by atoms with E-state index in [2.05, 4.69) is 6.92 Å². The summed E-state index contributed by atoms with van der Waals surface area (Å²) in [4.78, 5) is 0. The highest BCUT2D eigenvalue weighted by atomic mass is 16.3. The molecule has 0 fully saturated rings. The maximum Gasteiger partial charge on any atom is 0.0877 e. The van der Waals surface area contributed by atoms with Crippen LogP contribution >= 0.6 is 0 Å². The number of aliphatic hydroxyl groups is 2. The van der Waals surface area contributed by atoms with Crippen molar-refractivity contribution in [2.45, 2.75) is 58.7 Å². The lowest BCUT2D eigenvalue weighted by molar-refractivity contribution is -0.0887. The zero-order valence-corrected chi connectivity index (χ0v) is 8.67. The van der Waals surface area contributed by atoms with Gasteiger partial charge < -0.3 is 10.2 Å². The van der Waals surface area contributed by atoms with Crippen LogP contribution in [-0.2, 0) is 0 Å². The van der Waals surface area contributed by atoms with Crippen molar-refractivity contribution >= 4 is 0 Å². The van der Waals surface area contributed by atoms with Crippen LogP contribution in [0.1, 0.15) is 47.0 Å². The van der Waals surface area contributed by atoms with Gasteiger partial charge in [-0.25, -0.2) is 0 Å². The van der Waals surface area contributed by atoms with Gasteiger partial charge in [0.2, 0.25) is 0 Å². The van der Waals surface area contributed by atoms with Crippen LogP contribution in [0.15, 0.2) is 0 Å². The Morgan fingerprint density at radius 1 is 1.33 bits per heavy atom. The summed E-state index contributed by atoms with van der Waals surface area (Å²) in [5.74, 6) is 0.185. The van der Waals surface area contributed by atoms with Crippen LogP contribution in [0, 0.1) is 5.92 Å². The molecule has 2 N–H and O–H groups in total. The standard InChI is InChI=1S/C10H22O2/c1-5-7-8(3)9(11)10(4,12)6-2/h8-9,11-12H,5-7H2,1-4H3. The average molecular weight is 174 g/mol. The minimum Gasteiger partial charge on any atom is -0.390 e. The largest absolute Gasteiger partial charge is 0.390 e. The molecule has 0 amide bonds. The second-order valence-electron chi connectivity index (χ2n) is 3.92. The minimum absolute atomic E-state index is 0.185. The van der Waals surface area contributed by atoms with Gasteiger partial charge in [0.05, 0.1) is 11.7 Å². The van der Waals surface area contributed by atoms with Crippen LogP contribution < -0.4 is 0 Å². The molecule has 74 valence electrons. The molecule has 2 nitrogen and oxygen atoms in total. The van der Waals surface area contributed by atoms with Gasteiger partial charge in [0, 0.05) is 0 Å². The van der Waals surface area contributed by atoms with Crippen molar-refractivity contribution in [3.63, 3.8) is 0 Å². The highest BCUT2D eigenvalue weighted by Gasteiger charge is 2.31. The number of hydrogen-bond donors (Lipinski definition) is 2. The molecule has 0 spiro atoms. The average Bonchev–Trinajstić information content (AvgIpc) is 2.03. The van der Waals surface area contributed by atoms with E-state index in [1.165, 1.54) is 0 Å². The normalized spacial score (nSPS) is 21.5. The molecule has 0 aromatic heterocycles. The van der Waals surface area contributed by atoms with Gasteiger partial charge in [0.25, 0.3) is 0 Å². The van der Waals surface area contributed by atoms with E-state index in [9.17, 15) is 10.2 Å². The summed E-state index contributed by atoms with van der Waals surface area (Å²) < 4.78 is 0. The molecular formula is C10H22O2. The van der Waals surface area contributed by atoms with E-state index in [1.54, 1.807) is 6.92 Å². The van der Waals surface area contributed by atoms with Crippen LogP contribution in [0.4, 0.5) is 0 Å². The van der Waals surface area contributed by atoms with Crippen LogP contribution in [0.2, 0.25) is 0 Å². The second kappa shape index (κ2) is 4.83. The molecule has 0 aromatic rings. The Labute approximate surface area is 75.6 Å². The Kier molecular flexibility index (Phi) is 4.80. The van der Waals surface area contributed by atoms with Crippen molar-refractivity contribution in [3.05, 3.63) is 0 Å². The predicted octanol–water partition coefficient (Wildman–Crippen LogP) is 1.94. The number of rotatable bonds is 5. The molecule has 0 heterocycles. The Balaban J connectivity index is 4.07. The smallest absolute Gasteiger partial charge is 0.0877 e. The van der Waals surface area contributed by atoms with Crippen molar-refractivity contribution in [3.8, 4) is 0 Å². The molecular weight excluding hydrogens is 152 g/mol. The third kappa shape index (κ3) is 3.11. The van der Waals surface area contributed by atoms with Gasteiger partial charge in [-0.2, -0.15) is 0 Å². The Morgan fingerprint density at radius 3 is 2.17 bits per heavy atom. The third-order valence-corrected chi connectivity index (χ3v) is 2.64. The van der Waals surface area contributed by atoms with E-state index in [1.807, 2.05) is 13.8 Å². The Hall–Kier alpha value is -0.0800. The highest BCUT2D eigenvalue weighted by Crippen LogP contribution is 2.23. The summed E-state index contributed by atoms with van der Waals surface area (Å²) in [5.41, 5.74) is -0.922. The first-order valence-electron chi connectivity index (χ1n) is 4.86. The first kappa shape index (κ1) is 11.9. The van der Waals surface area contributed by atoms with Crippen LogP contribution in [0.25, 0.3) is 0 Å². The van der Waals surface area contributed by atoms with Crippen molar-refractivity contribution in [1.29, 1.82) is 0 Å². The Bertz CT molecular complexity index is 121. The van der Waals surface area contributed by atoms with Crippen LogP contribution in [-0.4, -0.2) is 21.9 Å². The van der Waals surface area contributed by atoms with Crippen molar-refractivity contribution < 1.29 is 10.2 Å². The molecule has 0 aliphatic carbocycles. The zero-order valence-electron chi connectivity index (χ0n) is 8.67. The molecule has 0 aliphatic heterocycles. The van der Waals surface area contributed by atoms with E-state index in [0.717, 1.165) is 12.8 Å². The maximum atomic E-state index is 9.74. The highest BCUT2D eigenvalue weighted by molar-refractivity contribution is 4.83. The lowest BCUT2D eigenvalue weighted by atomic mass is 9.85. The fraction of sp³-hybridized carbons (Fsp3) is 1.00. The van der Waals surface area contributed by atoms with Crippen molar-refractivity contribution in [1.82, 2.24) is 0 Å². The van der Waals surface area contributed by atoms with Crippen molar-refractivity contribution in [2.75, 3.05) is 0 Å². The van der Waals surface area contributed by atoms with Gasteiger partial charge in [-0.05, 0) is 25.7 Å². The summed E-state index contributed by atoms with van der Waals surface area (Å²) in [6.07, 6.45) is 2.03. The first-order valence-corrected chi connectivity index (χ1v) is 4.86. The summed E-state index contributed by atoms with van der Waals surface area (Å²) in [7, 11) is 0. The first-order chi connectivity index (χ1) is 5.45. The molecule has 2 heteroatoms. The van der Waals surface area contributed by atoms with Crippen LogP contribution in [0.5, 0.6) is 0 Å². The molecule has 3 atom stereocenters. The number of aliphatic hydroxyl groups excluding tert-OH is 1. The summed E-state index contributed by atoms with van der Waals surface area (Å²) in [6.45, 7) is 7.66. The SMILES string of the molecule is CCCC(C)C(O)C(C)(O)CC. The summed E-state index contributed by atoms with van der Waals surface area (Å²) in [6, 6.07) is 0. The summed E-state index contributed by atoms with van der Waals surface area (Å²) >= 11 is 0. The van der Waals surface area contributed by atoms with Gasteiger partial charge >= 0.3 is 0 Å². The fourth-order valence-electron chi connectivity index (χ4n) is 1.44. The second-order valence-corrected chi connectivity index (χ2v) is 3.92. The van der Waals surface area contributed by atoms with Gasteiger partial charge in [0.15, 0.2) is 0 Å². The van der Waals surface area contributed by atoms with E-state index >= 15 is 0 Å². The van der Waals surface area contributed by atoms with E-state index in [-0.39, 0.29) is 5.92 Å². The topological polar surface area (TPSA) is 40.5 Å². The van der Waals surface area contributed by atoms with Gasteiger partial charge in [-0.1, -0.05) is 27.2 Å². The van der Waals surface area contributed by atoms with Crippen LogP contribution in [0.3, 0.4) is 0 Å². The number of hydrogen-bond acceptors (Lipinski definition) is 2.